The molecule has 0 bridgehead atoms. The van der Waals surface area contributed by atoms with E-state index in [4.69, 9.17) is 0 Å². The molecule has 1 atom stereocenters. The zero-order valence-corrected chi connectivity index (χ0v) is 12.1. The average Bonchev–Trinajstić information content (AvgIpc) is 2.95. The highest BCUT2D eigenvalue weighted by Crippen LogP contribution is 2.24. The van der Waals surface area contributed by atoms with E-state index in [2.05, 4.69) is 26.9 Å². The Morgan fingerprint density at radius 1 is 1.52 bits per heavy atom. The summed E-state index contributed by atoms with van der Waals surface area (Å²) in [6, 6.07) is 2.01. The Kier molecular flexibility index (Phi) is 3.72. The van der Waals surface area contributed by atoms with Gasteiger partial charge >= 0.3 is 5.97 Å². The van der Waals surface area contributed by atoms with Crippen LogP contribution in [0.3, 0.4) is 0 Å². The first kappa shape index (κ1) is 13.8. The van der Waals surface area contributed by atoms with Crippen molar-refractivity contribution in [1.29, 1.82) is 0 Å². The fourth-order valence-corrected chi connectivity index (χ4v) is 2.84. The number of piperidine rings is 1. The molecule has 2 aromatic rings. The lowest BCUT2D eigenvalue weighted by atomic mass is 9.98. The number of anilines is 1. The van der Waals surface area contributed by atoms with Crippen molar-refractivity contribution in [3.8, 4) is 0 Å². The number of nitrogens with zero attached hydrogens (tertiary/aromatic N) is 5. The van der Waals surface area contributed by atoms with Crippen LogP contribution in [-0.4, -0.2) is 43.7 Å². The number of hydrogen-bond acceptors (Lipinski definition) is 5. The molecular weight excluding hydrogens is 270 g/mol. The molecule has 0 amide bonds. The van der Waals surface area contributed by atoms with Crippen LogP contribution in [0.5, 0.6) is 0 Å². The maximum atomic E-state index is 11.2. The molecule has 1 fully saturated rings. The van der Waals surface area contributed by atoms with Crippen LogP contribution >= 0.6 is 0 Å². The molecule has 1 saturated heterocycles. The molecule has 21 heavy (non-hydrogen) atoms. The van der Waals surface area contributed by atoms with E-state index in [1.165, 1.54) is 6.33 Å². The predicted octanol–water partition coefficient (Wildman–Crippen LogP) is 1.38. The number of carbonyl (C=O) groups is 1. The van der Waals surface area contributed by atoms with Gasteiger partial charge in [-0.3, -0.25) is 4.79 Å². The van der Waals surface area contributed by atoms with Crippen LogP contribution in [0.2, 0.25) is 0 Å². The lowest BCUT2D eigenvalue weighted by Crippen LogP contribution is -2.39. The summed E-state index contributed by atoms with van der Waals surface area (Å²) in [5, 5.41) is 13.5. The van der Waals surface area contributed by atoms with E-state index in [0.29, 0.717) is 12.3 Å². The van der Waals surface area contributed by atoms with E-state index in [1.807, 2.05) is 6.07 Å². The SMILES string of the molecule is CCCc1cc(N2CCCC(C(=O)O)C2)n2ncnc2n1. The Labute approximate surface area is 122 Å². The van der Waals surface area contributed by atoms with Crippen molar-refractivity contribution in [3.05, 3.63) is 18.1 Å². The van der Waals surface area contributed by atoms with Gasteiger partial charge in [0, 0.05) is 24.8 Å². The van der Waals surface area contributed by atoms with Gasteiger partial charge in [-0.25, -0.2) is 4.98 Å². The van der Waals surface area contributed by atoms with Crippen molar-refractivity contribution in [2.24, 2.45) is 5.92 Å². The van der Waals surface area contributed by atoms with Crippen molar-refractivity contribution >= 4 is 17.6 Å². The zero-order valence-electron chi connectivity index (χ0n) is 12.1. The molecular formula is C14H19N5O2. The number of carboxylic acid groups (broad SMARTS) is 1. The van der Waals surface area contributed by atoms with Gasteiger partial charge in [-0.05, 0) is 19.3 Å². The molecule has 0 radical (unpaired) electrons. The highest BCUT2D eigenvalue weighted by molar-refractivity contribution is 5.71. The van der Waals surface area contributed by atoms with Crippen LogP contribution in [0.4, 0.5) is 5.82 Å². The molecule has 0 aromatic carbocycles. The number of fused-ring (bicyclic) bond motifs is 1. The quantitative estimate of drug-likeness (QED) is 0.915. The summed E-state index contributed by atoms with van der Waals surface area (Å²) in [6.45, 7) is 3.46. The molecule has 3 rings (SSSR count). The van der Waals surface area contributed by atoms with Gasteiger partial charge in [-0.15, -0.1) is 0 Å². The number of aromatic nitrogens is 4. The molecule has 0 spiro atoms. The van der Waals surface area contributed by atoms with E-state index in [-0.39, 0.29) is 5.92 Å². The summed E-state index contributed by atoms with van der Waals surface area (Å²) in [6.07, 6.45) is 4.99. The standard InChI is InChI=1S/C14H19N5O2/c1-2-4-11-7-12(19-14(17-11)15-9-16-19)18-6-3-5-10(8-18)13(20)21/h7,9-10H,2-6,8H2,1H3,(H,20,21). The summed E-state index contributed by atoms with van der Waals surface area (Å²) >= 11 is 0. The van der Waals surface area contributed by atoms with Crippen molar-refractivity contribution < 1.29 is 9.90 Å². The number of aliphatic carboxylic acids is 1. The Morgan fingerprint density at radius 2 is 2.38 bits per heavy atom. The third-order valence-electron chi connectivity index (χ3n) is 3.89. The predicted molar refractivity (Wildman–Crippen MR) is 77.3 cm³/mol. The number of rotatable bonds is 4. The molecule has 7 heteroatoms. The first-order valence-electron chi connectivity index (χ1n) is 7.36. The molecule has 0 aliphatic carbocycles. The molecule has 1 N–H and O–H groups in total. The lowest BCUT2D eigenvalue weighted by Gasteiger charge is -2.32. The third-order valence-corrected chi connectivity index (χ3v) is 3.89. The second kappa shape index (κ2) is 5.67. The number of aryl methyl sites for hydroxylation is 1. The van der Waals surface area contributed by atoms with E-state index in [9.17, 15) is 9.90 Å². The van der Waals surface area contributed by atoms with Gasteiger partial charge in [0.2, 0.25) is 0 Å². The maximum Gasteiger partial charge on any atom is 0.308 e. The average molecular weight is 289 g/mol. The summed E-state index contributed by atoms with van der Waals surface area (Å²) in [5.41, 5.74) is 0.977. The molecule has 1 aliphatic rings. The lowest BCUT2D eigenvalue weighted by molar-refractivity contribution is -0.141. The summed E-state index contributed by atoms with van der Waals surface area (Å²) in [5.74, 6) is 0.429. The van der Waals surface area contributed by atoms with Crippen LogP contribution < -0.4 is 4.90 Å². The van der Waals surface area contributed by atoms with Gasteiger partial charge in [0.05, 0.1) is 5.92 Å². The van der Waals surface area contributed by atoms with Gasteiger partial charge < -0.3 is 10.0 Å². The minimum atomic E-state index is -0.725. The summed E-state index contributed by atoms with van der Waals surface area (Å²) < 4.78 is 1.70. The van der Waals surface area contributed by atoms with Gasteiger partial charge in [0.15, 0.2) is 0 Å². The number of carboxylic acids is 1. The van der Waals surface area contributed by atoms with Gasteiger partial charge in [-0.2, -0.15) is 14.6 Å². The molecule has 2 aromatic heterocycles. The summed E-state index contributed by atoms with van der Waals surface area (Å²) in [7, 11) is 0. The number of hydrogen-bond donors (Lipinski definition) is 1. The van der Waals surface area contributed by atoms with Crippen molar-refractivity contribution in [2.75, 3.05) is 18.0 Å². The minimum Gasteiger partial charge on any atom is -0.481 e. The maximum absolute atomic E-state index is 11.2. The molecule has 3 heterocycles. The summed E-state index contributed by atoms with van der Waals surface area (Å²) in [4.78, 5) is 22.0. The second-order valence-electron chi connectivity index (χ2n) is 5.45. The highest BCUT2D eigenvalue weighted by Gasteiger charge is 2.27. The third kappa shape index (κ3) is 2.68. The Balaban J connectivity index is 1.97. The van der Waals surface area contributed by atoms with E-state index in [1.54, 1.807) is 4.52 Å². The monoisotopic (exact) mass is 289 g/mol. The Bertz CT molecular complexity index is 654. The van der Waals surface area contributed by atoms with Crippen molar-refractivity contribution in [1.82, 2.24) is 19.6 Å². The molecule has 112 valence electrons. The van der Waals surface area contributed by atoms with E-state index < -0.39 is 5.97 Å². The molecule has 1 unspecified atom stereocenters. The smallest absolute Gasteiger partial charge is 0.308 e. The van der Waals surface area contributed by atoms with Crippen LogP contribution in [0.25, 0.3) is 5.78 Å². The topological polar surface area (TPSA) is 83.6 Å². The fraction of sp³-hybridized carbons (Fsp3) is 0.571. The van der Waals surface area contributed by atoms with Gasteiger partial charge in [0.1, 0.15) is 12.1 Å². The van der Waals surface area contributed by atoms with E-state index in [0.717, 1.165) is 43.7 Å². The fourth-order valence-electron chi connectivity index (χ4n) is 2.84. The van der Waals surface area contributed by atoms with Crippen LogP contribution in [0, 0.1) is 5.92 Å². The Morgan fingerprint density at radius 3 is 3.14 bits per heavy atom. The van der Waals surface area contributed by atoms with Gasteiger partial charge in [0.25, 0.3) is 5.78 Å². The zero-order chi connectivity index (χ0) is 14.8. The van der Waals surface area contributed by atoms with E-state index >= 15 is 0 Å². The van der Waals surface area contributed by atoms with Crippen molar-refractivity contribution in [2.45, 2.75) is 32.6 Å². The molecule has 0 saturated carbocycles. The molecule has 1 aliphatic heterocycles. The van der Waals surface area contributed by atoms with Crippen LogP contribution in [-0.2, 0) is 11.2 Å². The van der Waals surface area contributed by atoms with Gasteiger partial charge in [-0.1, -0.05) is 13.3 Å². The Hall–Kier alpha value is -2.18. The molecule has 7 nitrogen and oxygen atoms in total. The largest absolute Gasteiger partial charge is 0.481 e. The first-order valence-corrected chi connectivity index (χ1v) is 7.36. The van der Waals surface area contributed by atoms with Crippen LogP contribution in [0.1, 0.15) is 31.9 Å². The normalized spacial score (nSPS) is 19.1. The minimum absolute atomic E-state index is 0.319. The first-order chi connectivity index (χ1) is 10.2. The van der Waals surface area contributed by atoms with Crippen molar-refractivity contribution in [3.63, 3.8) is 0 Å². The van der Waals surface area contributed by atoms with Crippen LogP contribution in [0.15, 0.2) is 12.4 Å². The second-order valence-corrected chi connectivity index (χ2v) is 5.45. The highest BCUT2D eigenvalue weighted by atomic mass is 16.4.